The topological polar surface area (TPSA) is 110 Å². The van der Waals surface area contributed by atoms with E-state index >= 15 is 0 Å². The zero-order valence-electron chi connectivity index (χ0n) is 14.8. The summed E-state index contributed by atoms with van der Waals surface area (Å²) in [4.78, 5) is 29.2. The van der Waals surface area contributed by atoms with Gasteiger partial charge >= 0.3 is 5.69 Å². The van der Waals surface area contributed by atoms with Crippen LogP contribution in [-0.4, -0.2) is 36.3 Å². The summed E-state index contributed by atoms with van der Waals surface area (Å²) in [6.45, 7) is 4.56. The molecule has 4 aromatic rings. The Bertz CT molecular complexity index is 1180. The molecular weight excluding hydrogens is 366 g/mol. The number of nitrogens with one attached hydrogen (secondary N) is 2. The number of hydrogen-bond donors (Lipinski definition) is 2. The molecule has 0 bridgehead atoms. The van der Waals surface area contributed by atoms with Gasteiger partial charge in [-0.25, -0.2) is 4.79 Å². The highest BCUT2D eigenvalue weighted by molar-refractivity contribution is 7.99. The molecule has 0 saturated heterocycles. The lowest BCUT2D eigenvalue weighted by Gasteiger charge is -2.06. The molecule has 9 heteroatoms. The van der Waals surface area contributed by atoms with Gasteiger partial charge in [0.25, 0.3) is 0 Å². The fourth-order valence-corrected chi connectivity index (χ4v) is 3.81. The average molecular weight is 383 g/mol. The highest BCUT2D eigenvalue weighted by Crippen LogP contribution is 2.27. The lowest BCUT2D eigenvalue weighted by molar-refractivity contribution is 0.102. The van der Waals surface area contributed by atoms with Crippen LogP contribution in [0.25, 0.3) is 22.4 Å². The molecule has 0 radical (unpaired) electrons. The van der Waals surface area contributed by atoms with Crippen LogP contribution in [0.1, 0.15) is 23.0 Å². The van der Waals surface area contributed by atoms with E-state index < -0.39 is 0 Å². The Morgan fingerprint density at radius 1 is 1.22 bits per heavy atom. The number of fused-ring (bicyclic) bond motifs is 1. The SMILES string of the molecule is CCn1c(SCC(=O)c2ccc3[nH]c(=O)[nH]c3c2)nnc1-c1ccoc1C. The molecule has 0 amide bonds. The van der Waals surface area contributed by atoms with Crippen molar-refractivity contribution in [2.24, 2.45) is 0 Å². The summed E-state index contributed by atoms with van der Waals surface area (Å²) in [5.74, 6) is 1.68. The predicted octanol–water partition coefficient (Wildman–Crippen LogP) is 3.01. The van der Waals surface area contributed by atoms with Gasteiger partial charge in [0.05, 0.1) is 28.6 Å². The number of Topliss-reactive ketones (excluding diaryl/α,β-unsaturated/α-hetero) is 1. The lowest BCUT2D eigenvalue weighted by Crippen LogP contribution is -2.05. The molecule has 0 unspecified atom stereocenters. The van der Waals surface area contributed by atoms with Gasteiger partial charge in [-0.05, 0) is 38.1 Å². The molecule has 0 fully saturated rings. The van der Waals surface area contributed by atoms with Gasteiger partial charge in [-0.2, -0.15) is 0 Å². The maximum absolute atomic E-state index is 12.6. The Kier molecular flexibility index (Phi) is 4.44. The number of carbonyl (C=O) groups excluding carboxylic acids is 1. The zero-order valence-corrected chi connectivity index (χ0v) is 15.6. The van der Waals surface area contributed by atoms with Crippen LogP contribution >= 0.6 is 11.8 Å². The van der Waals surface area contributed by atoms with Gasteiger partial charge in [0.1, 0.15) is 5.76 Å². The summed E-state index contributed by atoms with van der Waals surface area (Å²) in [5, 5.41) is 9.17. The highest BCUT2D eigenvalue weighted by Gasteiger charge is 2.18. The molecule has 8 nitrogen and oxygen atoms in total. The van der Waals surface area contributed by atoms with Crippen molar-refractivity contribution >= 4 is 28.6 Å². The van der Waals surface area contributed by atoms with E-state index in [1.165, 1.54) is 11.8 Å². The number of aromatic amines is 2. The summed E-state index contributed by atoms with van der Waals surface area (Å²) in [5.41, 5.74) is 2.44. The van der Waals surface area contributed by atoms with Crippen LogP contribution in [0.4, 0.5) is 0 Å². The van der Waals surface area contributed by atoms with Gasteiger partial charge < -0.3 is 19.0 Å². The number of ketones is 1. The van der Waals surface area contributed by atoms with E-state index in [0.717, 1.165) is 17.1 Å². The second kappa shape index (κ2) is 6.92. The maximum Gasteiger partial charge on any atom is 0.323 e. The number of thioether (sulfide) groups is 1. The Morgan fingerprint density at radius 3 is 2.78 bits per heavy atom. The first kappa shape index (κ1) is 17.3. The molecule has 0 aliphatic heterocycles. The number of furan rings is 1. The second-order valence-corrected chi connectivity index (χ2v) is 6.93. The normalized spacial score (nSPS) is 11.3. The minimum Gasteiger partial charge on any atom is -0.469 e. The molecule has 4 rings (SSSR count). The van der Waals surface area contributed by atoms with E-state index in [1.807, 2.05) is 24.5 Å². The Balaban J connectivity index is 1.54. The number of rotatable bonds is 6. The van der Waals surface area contributed by atoms with Crippen LogP contribution in [0.15, 0.2) is 44.9 Å². The third-order valence-electron chi connectivity index (χ3n) is 4.30. The van der Waals surface area contributed by atoms with Crippen LogP contribution in [0.3, 0.4) is 0 Å². The number of nitrogens with zero attached hydrogens (tertiary/aromatic N) is 3. The van der Waals surface area contributed by atoms with Crippen LogP contribution in [-0.2, 0) is 6.54 Å². The molecule has 0 atom stereocenters. The van der Waals surface area contributed by atoms with Crippen LogP contribution in [0.5, 0.6) is 0 Å². The first-order chi connectivity index (χ1) is 13.1. The molecule has 0 aliphatic carbocycles. The van der Waals surface area contributed by atoms with E-state index in [-0.39, 0.29) is 17.2 Å². The maximum atomic E-state index is 12.6. The predicted molar refractivity (Wildman–Crippen MR) is 102 cm³/mol. The van der Waals surface area contributed by atoms with Crippen molar-refractivity contribution in [2.75, 3.05) is 5.75 Å². The summed E-state index contributed by atoms with van der Waals surface area (Å²) in [7, 11) is 0. The largest absolute Gasteiger partial charge is 0.469 e. The van der Waals surface area contributed by atoms with E-state index in [0.29, 0.717) is 28.3 Å². The minimum absolute atomic E-state index is 0.0457. The molecule has 0 spiro atoms. The first-order valence-corrected chi connectivity index (χ1v) is 9.41. The Labute approximate surface area is 158 Å². The molecule has 3 aromatic heterocycles. The fraction of sp³-hybridized carbons (Fsp3) is 0.222. The van der Waals surface area contributed by atoms with Gasteiger partial charge in [0, 0.05) is 12.1 Å². The Hall–Kier alpha value is -3.07. The number of hydrogen-bond acceptors (Lipinski definition) is 6. The first-order valence-electron chi connectivity index (χ1n) is 8.42. The Morgan fingerprint density at radius 2 is 2.04 bits per heavy atom. The highest BCUT2D eigenvalue weighted by atomic mass is 32.2. The number of benzene rings is 1. The van der Waals surface area contributed by atoms with Crippen molar-refractivity contribution in [1.29, 1.82) is 0 Å². The molecule has 2 N–H and O–H groups in total. The summed E-state index contributed by atoms with van der Waals surface area (Å²) in [6, 6.07) is 6.97. The number of carbonyl (C=O) groups is 1. The van der Waals surface area contributed by atoms with E-state index in [2.05, 4.69) is 20.2 Å². The molecule has 0 aliphatic rings. The van der Waals surface area contributed by atoms with Gasteiger partial charge in [-0.3, -0.25) is 4.79 Å². The number of aromatic nitrogens is 5. The van der Waals surface area contributed by atoms with Crippen LogP contribution in [0, 0.1) is 6.92 Å². The second-order valence-electron chi connectivity index (χ2n) is 5.99. The minimum atomic E-state index is -0.290. The van der Waals surface area contributed by atoms with E-state index in [1.54, 1.807) is 24.5 Å². The van der Waals surface area contributed by atoms with Crippen molar-refractivity contribution in [2.45, 2.75) is 25.5 Å². The summed E-state index contributed by atoms with van der Waals surface area (Å²) < 4.78 is 7.31. The summed E-state index contributed by atoms with van der Waals surface area (Å²) >= 11 is 1.34. The molecule has 27 heavy (non-hydrogen) atoms. The van der Waals surface area contributed by atoms with E-state index in [4.69, 9.17) is 4.42 Å². The molecular formula is C18H17N5O3S. The van der Waals surface area contributed by atoms with Crippen molar-refractivity contribution in [1.82, 2.24) is 24.7 Å². The fourth-order valence-electron chi connectivity index (χ4n) is 2.92. The van der Waals surface area contributed by atoms with Crippen molar-refractivity contribution in [3.05, 3.63) is 52.3 Å². The third-order valence-corrected chi connectivity index (χ3v) is 5.27. The molecule has 138 valence electrons. The quantitative estimate of drug-likeness (QED) is 0.391. The smallest absolute Gasteiger partial charge is 0.323 e. The third kappa shape index (κ3) is 3.21. The summed E-state index contributed by atoms with van der Waals surface area (Å²) in [6.07, 6.45) is 1.62. The molecule has 1 aromatic carbocycles. The number of imidazole rings is 1. The van der Waals surface area contributed by atoms with Crippen molar-refractivity contribution < 1.29 is 9.21 Å². The van der Waals surface area contributed by atoms with Gasteiger partial charge in [0.2, 0.25) is 0 Å². The van der Waals surface area contributed by atoms with Gasteiger partial charge in [0.15, 0.2) is 16.8 Å². The number of H-pyrrole nitrogens is 2. The van der Waals surface area contributed by atoms with Gasteiger partial charge in [-0.1, -0.05) is 11.8 Å². The molecule has 3 heterocycles. The van der Waals surface area contributed by atoms with Crippen molar-refractivity contribution in [3.8, 4) is 11.4 Å². The molecule has 0 saturated carbocycles. The zero-order chi connectivity index (χ0) is 19.0. The van der Waals surface area contributed by atoms with Crippen LogP contribution in [0.2, 0.25) is 0 Å². The lowest BCUT2D eigenvalue weighted by atomic mass is 10.1. The van der Waals surface area contributed by atoms with Gasteiger partial charge in [-0.15, -0.1) is 10.2 Å². The standard InChI is InChI=1S/C18H17N5O3S/c1-3-23-16(12-6-7-26-10(12)2)21-22-18(23)27-9-15(24)11-4-5-13-14(8-11)20-17(25)19-13/h4-8H,3,9H2,1-2H3,(H2,19,20,25). The van der Waals surface area contributed by atoms with Crippen LogP contribution < -0.4 is 5.69 Å². The average Bonchev–Trinajstić information content (AvgIpc) is 3.35. The van der Waals surface area contributed by atoms with E-state index in [9.17, 15) is 9.59 Å². The monoisotopic (exact) mass is 383 g/mol. The number of aryl methyl sites for hydroxylation is 1. The van der Waals surface area contributed by atoms with Crippen molar-refractivity contribution in [3.63, 3.8) is 0 Å².